The van der Waals surface area contributed by atoms with Gasteiger partial charge < -0.3 is 18.3 Å². The third kappa shape index (κ3) is 7.23. The van der Waals surface area contributed by atoms with Gasteiger partial charge in [0, 0.05) is 60.0 Å². The summed E-state index contributed by atoms with van der Waals surface area (Å²) >= 11 is 0. The fourth-order valence-electron chi connectivity index (χ4n) is 13.2. The molecule has 0 amide bonds. The van der Waals surface area contributed by atoms with Crippen molar-refractivity contribution in [1.29, 1.82) is 5.26 Å². The van der Waals surface area contributed by atoms with Gasteiger partial charge in [-0.05, 0) is 155 Å². The van der Waals surface area contributed by atoms with Crippen LogP contribution in [0.5, 0.6) is 0 Å². The van der Waals surface area contributed by atoms with Crippen molar-refractivity contribution in [2.24, 2.45) is 0 Å². The molecule has 12 aromatic carbocycles. The standard InChI is InChI=1S/C76H42N8/c1-78-52-31-35-76(84-72-27-15-9-21-62(72)65-42-49(30-34-75(65)84)51-38-54(80-3)44-56(40-51)82-69-24-12-6-18-59(69)60-19-7-13-25-70(60)82)66(45-52)63-36-47(46-77)28-32-73(63)83-71-26-14-8-20-61(71)64-41-48(29-33-74(64)83)50-37-53(79-2)43-55(39-50)81-67-22-10-4-16-57(67)58-17-5-11-23-68(58)81/h4-45H. The largest absolute Gasteiger partial charge is 0.310 e. The Kier molecular flexibility index (Phi) is 10.6. The van der Waals surface area contributed by atoms with Gasteiger partial charge in [0.25, 0.3) is 0 Å². The molecule has 0 aliphatic rings. The molecule has 386 valence electrons. The molecule has 0 bridgehead atoms. The van der Waals surface area contributed by atoms with Crippen molar-refractivity contribution in [3.05, 3.63) is 295 Å². The maximum Gasteiger partial charge on any atom is 0.189 e. The summed E-state index contributed by atoms with van der Waals surface area (Å²) in [6, 6.07) is 90.0. The van der Waals surface area contributed by atoms with E-state index < -0.39 is 0 Å². The predicted molar refractivity (Wildman–Crippen MR) is 344 cm³/mol. The first-order valence-electron chi connectivity index (χ1n) is 27.6. The highest BCUT2D eigenvalue weighted by atomic mass is 15.0. The molecule has 4 aromatic heterocycles. The molecule has 0 unspecified atom stereocenters. The lowest BCUT2D eigenvalue weighted by Gasteiger charge is -2.19. The first kappa shape index (κ1) is 47.8. The third-order valence-corrected chi connectivity index (χ3v) is 16.8. The second-order valence-corrected chi connectivity index (χ2v) is 21.3. The Labute approximate surface area is 482 Å². The minimum atomic E-state index is 0.470. The van der Waals surface area contributed by atoms with E-state index in [1.807, 2.05) is 60.7 Å². The zero-order chi connectivity index (χ0) is 56.2. The summed E-state index contributed by atoms with van der Waals surface area (Å²) in [7, 11) is 0. The summed E-state index contributed by atoms with van der Waals surface area (Å²) in [6.45, 7) is 24.9. The van der Waals surface area contributed by atoms with Gasteiger partial charge >= 0.3 is 0 Å². The van der Waals surface area contributed by atoms with E-state index in [9.17, 15) is 5.26 Å². The van der Waals surface area contributed by atoms with Crippen LogP contribution in [0.1, 0.15) is 5.56 Å². The van der Waals surface area contributed by atoms with E-state index >= 15 is 0 Å². The van der Waals surface area contributed by atoms with Gasteiger partial charge in [0.1, 0.15) is 0 Å². The predicted octanol–water partition coefficient (Wildman–Crippen LogP) is 20.6. The zero-order valence-electron chi connectivity index (χ0n) is 44.8. The average molecular weight is 1070 g/mol. The molecule has 8 heteroatoms. The van der Waals surface area contributed by atoms with Crippen molar-refractivity contribution in [3.63, 3.8) is 0 Å². The van der Waals surface area contributed by atoms with Crippen LogP contribution in [0.15, 0.2) is 255 Å². The number of nitriles is 1. The molecular weight excluding hydrogens is 1020 g/mol. The SMILES string of the molecule is [C-]#[N+]c1cc(-c2ccc3c(c2)c2ccccc2n3-c2ccc(C#N)cc2-c2cc([N+]#[C-])ccc2-n2c3ccccc3c3cc(-c4cc([N+]#[C-])cc(-n5c6ccccc6c6ccccc65)c4)ccc32)cc(-n2c3ccccc3c3ccccc32)c1. The Hall–Kier alpha value is -12.2. The van der Waals surface area contributed by atoms with Crippen LogP contribution in [0.4, 0.5) is 17.1 Å². The van der Waals surface area contributed by atoms with Gasteiger partial charge in [-0.25, -0.2) is 14.5 Å². The molecular formula is C76H42N8. The zero-order valence-corrected chi connectivity index (χ0v) is 44.8. The Bertz CT molecular complexity index is 5240. The summed E-state index contributed by atoms with van der Waals surface area (Å²) in [6.07, 6.45) is 0. The van der Waals surface area contributed by atoms with Gasteiger partial charge in [-0.15, -0.1) is 0 Å². The number of para-hydroxylation sites is 6. The summed E-state index contributed by atoms with van der Waals surface area (Å²) in [4.78, 5) is 12.0. The molecule has 0 atom stereocenters. The highest BCUT2D eigenvalue weighted by Crippen LogP contribution is 2.45. The molecule has 84 heavy (non-hydrogen) atoms. The van der Waals surface area contributed by atoms with Gasteiger partial charge in [0.2, 0.25) is 0 Å². The van der Waals surface area contributed by atoms with Crippen LogP contribution in [-0.4, -0.2) is 18.3 Å². The minimum Gasteiger partial charge on any atom is -0.310 e. The molecule has 0 aliphatic carbocycles. The van der Waals surface area contributed by atoms with Crippen LogP contribution in [0.25, 0.3) is 158 Å². The lowest BCUT2D eigenvalue weighted by molar-refractivity contribution is 1.16. The number of fused-ring (bicyclic) bond motifs is 12. The molecule has 0 saturated heterocycles. The number of benzene rings is 12. The number of nitrogens with zero attached hydrogens (tertiary/aromatic N) is 8. The molecule has 0 N–H and O–H groups in total. The molecule has 0 radical (unpaired) electrons. The van der Waals surface area contributed by atoms with Gasteiger partial charge in [-0.3, -0.25) is 0 Å². The van der Waals surface area contributed by atoms with Crippen LogP contribution in [0, 0.1) is 31.0 Å². The number of aromatic nitrogens is 4. The molecule has 16 rings (SSSR count). The smallest absolute Gasteiger partial charge is 0.189 e. The Morgan fingerprint density at radius 1 is 0.274 bits per heavy atom. The third-order valence-electron chi connectivity index (χ3n) is 16.8. The molecule has 8 nitrogen and oxygen atoms in total. The highest BCUT2D eigenvalue weighted by molar-refractivity contribution is 6.14. The second kappa shape index (κ2) is 18.7. The van der Waals surface area contributed by atoms with Crippen molar-refractivity contribution in [1.82, 2.24) is 18.3 Å². The Morgan fingerprint density at radius 3 is 1.01 bits per heavy atom. The topological polar surface area (TPSA) is 56.6 Å². The van der Waals surface area contributed by atoms with Crippen molar-refractivity contribution in [3.8, 4) is 62.2 Å². The van der Waals surface area contributed by atoms with Crippen LogP contribution in [0.2, 0.25) is 0 Å². The minimum absolute atomic E-state index is 0.470. The van der Waals surface area contributed by atoms with Gasteiger partial charge in [0.15, 0.2) is 17.1 Å². The van der Waals surface area contributed by atoms with E-state index in [-0.39, 0.29) is 0 Å². The molecule has 0 saturated carbocycles. The summed E-state index contributed by atoms with van der Waals surface area (Å²) in [5.41, 5.74) is 19.2. The van der Waals surface area contributed by atoms with E-state index in [0.29, 0.717) is 22.6 Å². The van der Waals surface area contributed by atoms with Gasteiger partial charge in [0.05, 0.1) is 86.9 Å². The van der Waals surface area contributed by atoms with Crippen molar-refractivity contribution >= 4 is 104 Å². The Balaban J connectivity index is 0.867. The van der Waals surface area contributed by atoms with Gasteiger partial charge in [-0.1, -0.05) is 127 Å². The van der Waals surface area contributed by atoms with E-state index in [0.717, 1.165) is 143 Å². The average Bonchev–Trinajstić information content (AvgIpc) is 4.39. The molecule has 0 spiro atoms. The maximum absolute atomic E-state index is 10.6. The number of hydrogen-bond donors (Lipinski definition) is 0. The van der Waals surface area contributed by atoms with Crippen LogP contribution >= 0.6 is 0 Å². The van der Waals surface area contributed by atoms with Crippen molar-refractivity contribution in [2.75, 3.05) is 0 Å². The van der Waals surface area contributed by atoms with E-state index in [2.05, 4.69) is 233 Å². The van der Waals surface area contributed by atoms with Crippen LogP contribution < -0.4 is 0 Å². The quantitative estimate of drug-likeness (QED) is 0.147. The fraction of sp³-hybridized carbons (Fsp3) is 0. The van der Waals surface area contributed by atoms with E-state index in [1.54, 1.807) is 0 Å². The monoisotopic (exact) mass is 1070 g/mol. The first-order valence-corrected chi connectivity index (χ1v) is 27.6. The lowest BCUT2D eigenvalue weighted by atomic mass is 9.97. The molecule has 16 aromatic rings. The maximum atomic E-state index is 10.6. The van der Waals surface area contributed by atoms with E-state index in [4.69, 9.17) is 19.7 Å². The van der Waals surface area contributed by atoms with Crippen LogP contribution in [0.3, 0.4) is 0 Å². The molecule has 0 fully saturated rings. The summed E-state index contributed by atoms with van der Waals surface area (Å²) < 4.78 is 9.08. The highest BCUT2D eigenvalue weighted by Gasteiger charge is 2.23. The van der Waals surface area contributed by atoms with Crippen molar-refractivity contribution < 1.29 is 0 Å². The van der Waals surface area contributed by atoms with E-state index in [1.165, 1.54) is 0 Å². The normalized spacial score (nSPS) is 11.5. The molecule has 0 aliphatic heterocycles. The number of rotatable bonds is 7. The lowest BCUT2D eigenvalue weighted by Crippen LogP contribution is -2.02. The van der Waals surface area contributed by atoms with Crippen molar-refractivity contribution in [2.45, 2.75) is 0 Å². The second-order valence-electron chi connectivity index (χ2n) is 21.3. The van der Waals surface area contributed by atoms with Crippen LogP contribution in [-0.2, 0) is 0 Å². The fourth-order valence-corrected chi connectivity index (χ4v) is 13.2. The molecule has 4 heterocycles. The Morgan fingerprint density at radius 2 is 0.619 bits per heavy atom. The summed E-state index contributed by atoms with van der Waals surface area (Å²) in [5, 5.41) is 19.4. The number of hydrogen-bond acceptors (Lipinski definition) is 1. The first-order chi connectivity index (χ1) is 41.5. The summed E-state index contributed by atoms with van der Waals surface area (Å²) in [5.74, 6) is 0. The van der Waals surface area contributed by atoms with Gasteiger partial charge in [-0.2, -0.15) is 5.26 Å².